The van der Waals surface area contributed by atoms with Crippen molar-refractivity contribution in [1.82, 2.24) is 4.90 Å². The van der Waals surface area contributed by atoms with Gasteiger partial charge in [0.1, 0.15) is 0 Å². The molecule has 0 aromatic rings. The van der Waals surface area contributed by atoms with Crippen LogP contribution in [0.1, 0.15) is 45.4 Å². The van der Waals surface area contributed by atoms with Gasteiger partial charge in [-0.05, 0) is 51.7 Å². The Balaban J connectivity index is 2.35. The average molecular weight is 224 g/mol. The van der Waals surface area contributed by atoms with Gasteiger partial charge in [-0.3, -0.25) is 0 Å². The minimum Gasteiger partial charge on any atom is -0.330 e. The van der Waals surface area contributed by atoms with Gasteiger partial charge < -0.3 is 10.6 Å². The van der Waals surface area contributed by atoms with E-state index in [0.29, 0.717) is 5.41 Å². The van der Waals surface area contributed by atoms with E-state index in [1.54, 1.807) is 0 Å². The van der Waals surface area contributed by atoms with Crippen LogP contribution >= 0.6 is 0 Å². The molecule has 0 aromatic carbocycles. The predicted molar refractivity (Wildman–Crippen MR) is 71.5 cm³/mol. The first-order valence-electron chi connectivity index (χ1n) is 6.61. The fraction of sp³-hybridized carbons (Fsp3) is 0.857. The van der Waals surface area contributed by atoms with Crippen molar-refractivity contribution in [3.63, 3.8) is 0 Å². The Kier molecular flexibility index (Phi) is 5.50. The van der Waals surface area contributed by atoms with Crippen LogP contribution < -0.4 is 5.73 Å². The van der Waals surface area contributed by atoms with Crippen LogP contribution in [0.15, 0.2) is 12.2 Å². The molecule has 16 heavy (non-hydrogen) atoms. The van der Waals surface area contributed by atoms with Crippen molar-refractivity contribution < 1.29 is 0 Å². The largest absolute Gasteiger partial charge is 0.330 e. The van der Waals surface area contributed by atoms with Crippen LogP contribution in [-0.4, -0.2) is 31.6 Å². The highest BCUT2D eigenvalue weighted by Gasteiger charge is 2.30. The molecule has 0 spiro atoms. The molecule has 2 heteroatoms. The van der Waals surface area contributed by atoms with Crippen molar-refractivity contribution in [2.24, 2.45) is 11.1 Å². The SMILES string of the molecule is C=C(C)CN(C)CCC1(CN)CCCCC1. The lowest BCUT2D eigenvalue weighted by atomic mass is 9.72. The maximum atomic E-state index is 5.99. The van der Waals surface area contributed by atoms with Crippen molar-refractivity contribution in [3.05, 3.63) is 12.2 Å². The number of hydrogen-bond acceptors (Lipinski definition) is 2. The molecule has 0 aromatic heterocycles. The zero-order chi connectivity index (χ0) is 12.0. The molecule has 2 nitrogen and oxygen atoms in total. The molecule has 0 atom stereocenters. The second-order valence-corrected chi connectivity index (χ2v) is 5.71. The monoisotopic (exact) mass is 224 g/mol. The van der Waals surface area contributed by atoms with Crippen molar-refractivity contribution in [1.29, 1.82) is 0 Å². The zero-order valence-corrected chi connectivity index (χ0v) is 11.1. The van der Waals surface area contributed by atoms with Crippen LogP contribution in [-0.2, 0) is 0 Å². The van der Waals surface area contributed by atoms with Gasteiger partial charge in [-0.25, -0.2) is 0 Å². The topological polar surface area (TPSA) is 29.3 Å². The third-order valence-corrected chi connectivity index (χ3v) is 3.91. The first kappa shape index (κ1) is 13.7. The maximum absolute atomic E-state index is 5.99. The molecule has 1 fully saturated rings. The van der Waals surface area contributed by atoms with Gasteiger partial charge in [0.2, 0.25) is 0 Å². The predicted octanol–water partition coefficient (Wildman–Crippen LogP) is 2.79. The summed E-state index contributed by atoms with van der Waals surface area (Å²) in [4.78, 5) is 2.37. The first-order chi connectivity index (χ1) is 7.58. The van der Waals surface area contributed by atoms with Gasteiger partial charge in [0.05, 0.1) is 0 Å². The molecule has 0 heterocycles. The molecule has 0 amide bonds. The molecule has 94 valence electrons. The Hall–Kier alpha value is -0.340. The van der Waals surface area contributed by atoms with Crippen molar-refractivity contribution in [2.45, 2.75) is 45.4 Å². The summed E-state index contributed by atoms with van der Waals surface area (Å²) in [6, 6.07) is 0. The second-order valence-electron chi connectivity index (χ2n) is 5.71. The number of rotatable bonds is 6. The van der Waals surface area contributed by atoms with Gasteiger partial charge in [-0.15, -0.1) is 0 Å². The van der Waals surface area contributed by atoms with Gasteiger partial charge in [-0.2, -0.15) is 0 Å². The molecule has 0 aliphatic heterocycles. The molecule has 0 unspecified atom stereocenters. The lowest BCUT2D eigenvalue weighted by molar-refractivity contribution is 0.159. The molecule has 0 bridgehead atoms. The maximum Gasteiger partial charge on any atom is 0.0184 e. The van der Waals surface area contributed by atoms with Crippen LogP contribution in [0, 0.1) is 5.41 Å². The molecule has 0 saturated heterocycles. The highest BCUT2D eigenvalue weighted by Crippen LogP contribution is 2.38. The van der Waals surface area contributed by atoms with E-state index in [2.05, 4.69) is 25.5 Å². The van der Waals surface area contributed by atoms with Gasteiger partial charge in [-0.1, -0.05) is 31.4 Å². The van der Waals surface area contributed by atoms with E-state index in [1.165, 1.54) is 44.1 Å². The molecule has 1 aliphatic rings. The summed E-state index contributed by atoms with van der Waals surface area (Å²) in [5.41, 5.74) is 7.68. The Morgan fingerprint density at radius 3 is 2.44 bits per heavy atom. The highest BCUT2D eigenvalue weighted by molar-refractivity contribution is 4.92. The smallest absolute Gasteiger partial charge is 0.0184 e. The fourth-order valence-electron chi connectivity index (χ4n) is 2.83. The molecule has 1 saturated carbocycles. The molecule has 1 rings (SSSR count). The van der Waals surface area contributed by atoms with Crippen molar-refractivity contribution >= 4 is 0 Å². The zero-order valence-electron chi connectivity index (χ0n) is 11.1. The van der Waals surface area contributed by atoms with E-state index < -0.39 is 0 Å². The summed E-state index contributed by atoms with van der Waals surface area (Å²) in [7, 11) is 2.18. The summed E-state index contributed by atoms with van der Waals surface area (Å²) in [5, 5.41) is 0. The van der Waals surface area contributed by atoms with Crippen LogP contribution in [0.3, 0.4) is 0 Å². The van der Waals surface area contributed by atoms with Crippen LogP contribution in [0.4, 0.5) is 0 Å². The summed E-state index contributed by atoms with van der Waals surface area (Å²) in [6.45, 7) is 9.09. The van der Waals surface area contributed by atoms with E-state index in [1.807, 2.05) is 0 Å². The summed E-state index contributed by atoms with van der Waals surface area (Å²) >= 11 is 0. The van der Waals surface area contributed by atoms with E-state index in [4.69, 9.17) is 5.73 Å². The number of nitrogens with zero attached hydrogens (tertiary/aromatic N) is 1. The van der Waals surface area contributed by atoms with Gasteiger partial charge >= 0.3 is 0 Å². The highest BCUT2D eigenvalue weighted by atomic mass is 15.1. The lowest BCUT2D eigenvalue weighted by Gasteiger charge is -2.37. The quantitative estimate of drug-likeness (QED) is 0.703. The molecular formula is C14H28N2. The average Bonchev–Trinajstić information content (AvgIpc) is 2.27. The van der Waals surface area contributed by atoms with E-state index >= 15 is 0 Å². The number of likely N-dealkylation sites (N-methyl/N-ethyl adjacent to an activating group) is 1. The third-order valence-electron chi connectivity index (χ3n) is 3.91. The third kappa shape index (κ3) is 4.26. The standard InChI is InChI=1S/C14H28N2/c1-13(2)11-16(3)10-9-14(12-15)7-5-4-6-8-14/h1,4-12,15H2,2-3H3. The minimum atomic E-state index is 0.446. The van der Waals surface area contributed by atoms with Crippen molar-refractivity contribution in [2.75, 3.05) is 26.7 Å². The van der Waals surface area contributed by atoms with Crippen molar-refractivity contribution in [3.8, 4) is 0 Å². The minimum absolute atomic E-state index is 0.446. The Morgan fingerprint density at radius 1 is 1.31 bits per heavy atom. The number of hydrogen-bond donors (Lipinski definition) is 1. The van der Waals surface area contributed by atoms with Gasteiger partial charge in [0.25, 0.3) is 0 Å². The molecule has 2 N–H and O–H groups in total. The van der Waals surface area contributed by atoms with Crippen LogP contribution in [0.5, 0.6) is 0 Å². The molecule has 1 aliphatic carbocycles. The van der Waals surface area contributed by atoms with E-state index in [9.17, 15) is 0 Å². The van der Waals surface area contributed by atoms with Gasteiger partial charge in [0, 0.05) is 6.54 Å². The number of nitrogens with two attached hydrogens (primary N) is 1. The van der Waals surface area contributed by atoms with E-state index in [-0.39, 0.29) is 0 Å². The van der Waals surface area contributed by atoms with Crippen LogP contribution in [0.25, 0.3) is 0 Å². The Labute approximate surface area is 101 Å². The fourth-order valence-corrected chi connectivity index (χ4v) is 2.83. The van der Waals surface area contributed by atoms with Gasteiger partial charge in [0.15, 0.2) is 0 Å². The summed E-state index contributed by atoms with van der Waals surface area (Å²) < 4.78 is 0. The summed E-state index contributed by atoms with van der Waals surface area (Å²) in [6.07, 6.45) is 8.09. The Morgan fingerprint density at radius 2 is 1.94 bits per heavy atom. The van der Waals surface area contributed by atoms with Crippen LogP contribution in [0.2, 0.25) is 0 Å². The van der Waals surface area contributed by atoms with E-state index in [0.717, 1.165) is 19.6 Å². The molecule has 0 radical (unpaired) electrons. The molecular weight excluding hydrogens is 196 g/mol. The second kappa shape index (κ2) is 6.41. The Bertz CT molecular complexity index is 217. The summed E-state index contributed by atoms with van der Waals surface area (Å²) in [5.74, 6) is 0. The lowest BCUT2D eigenvalue weighted by Crippen LogP contribution is -2.36. The normalized spacial score (nSPS) is 20.0. The first-order valence-corrected chi connectivity index (χ1v) is 6.61.